The predicted molar refractivity (Wildman–Crippen MR) is 103 cm³/mol. The first-order valence-corrected chi connectivity index (χ1v) is 10.4. The van der Waals surface area contributed by atoms with E-state index in [9.17, 15) is 9.59 Å². The lowest BCUT2D eigenvalue weighted by Crippen LogP contribution is -2.42. The zero-order valence-corrected chi connectivity index (χ0v) is 16.1. The van der Waals surface area contributed by atoms with Crippen LogP contribution >= 0.6 is 0 Å². The fourth-order valence-electron chi connectivity index (χ4n) is 4.69. The highest BCUT2D eigenvalue weighted by atomic mass is 16.5. The fourth-order valence-corrected chi connectivity index (χ4v) is 4.69. The summed E-state index contributed by atoms with van der Waals surface area (Å²) in [4.78, 5) is 29.0. The maximum absolute atomic E-state index is 12.6. The highest BCUT2D eigenvalue weighted by molar-refractivity contribution is 5.83. The van der Waals surface area contributed by atoms with Gasteiger partial charge in [-0.25, -0.2) is 0 Å². The summed E-state index contributed by atoms with van der Waals surface area (Å²) >= 11 is 0. The maximum atomic E-state index is 12.6. The van der Waals surface area contributed by atoms with Gasteiger partial charge in [0.1, 0.15) is 6.61 Å². The highest BCUT2D eigenvalue weighted by Gasteiger charge is 2.59. The molecule has 2 heterocycles. The Balaban J connectivity index is 1.16. The van der Waals surface area contributed by atoms with Gasteiger partial charge in [0.15, 0.2) is 0 Å². The molecule has 2 amide bonds. The van der Waals surface area contributed by atoms with E-state index in [2.05, 4.69) is 17.0 Å². The molecular formula is C22H30N2O3. The van der Waals surface area contributed by atoms with Gasteiger partial charge in [0, 0.05) is 32.1 Å². The minimum atomic E-state index is 0.0842. The molecule has 1 saturated carbocycles. The summed E-state index contributed by atoms with van der Waals surface area (Å²) in [7, 11) is 0. The average molecular weight is 370 g/mol. The summed E-state index contributed by atoms with van der Waals surface area (Å²) < 4.78 is 5.60. The number of hydrogen-bond acceptors (Lipinski definition) is 3. The standard InChI is InChI=1S/C22H30N2O3/c25-20(17-27-15-8-18-6-2-1-3-7-18)23-13-9-22(10-14-23)16-19(22)21(26)24-11-4-5-12-24/h1-3,6-7,19H,4-5,8-17H2. The van der Waals surface area contributed by atoms with E-state index in [1.807, 2.05) is 23.1 Å². The van der Waals surface area contributed by atoms with Crippen molar-refractivity contribution in [3.05, 3.63) is 35.9 Å². The van der Waals surface area contributed by atoms with Crippen molar-refractivity contribution < 1.29 is 14.3 Å². The van der Waals surface area contributed by atoms with Crippen LogP contribution in [0.4, 0.5) is 0 Å². The molecule has 1 aromatic rings. The number of carbonyl (C=O) groups excluding carboxylic acids is 2. The second-order valence-corrected chi connectivity index (χ2v) is 8.32. The molecule has 1 atom stereocenters. The molecule has 5 heteroatoms. The van der Waals surface area contributed by atoms with Crippen molar-refractivity contribution in [1.82, 2.24) is 9.80 Å². The maximum Gasteiger partial charge on any atom is 0.248 e. The third-order valence-electron chi connectivity index (χ3n) is 6.62. The monoisotopic (exact) mass is 370 g/mol. The summed E-state index contributed by atoms with van der Waals surface area (Å²) in [5, 5.41) is 0. The molecule has 0 radical (unpaired) electrons. The Kier molecular flexibility index (Phi) is 5.48. The van der Waals surface area contributed by atoms with E-state index in [1.165, 1.54) is 5.56 Å². The largest absolute Gasteiger partial charge is 0.371 e. The van der Waals surface area contributed by atoms with E-state index in [1.54, 1.807) is 0 Å². The van der Waals surface area contributed by atoms with Crippen LogP contribution in [0.3, 0.4) is 0 Å². The Labute approximate surface area is 161 Å². The predicted octanol–water partition coefficient (Wildman–Crippen LogP) is 2.50. The number of nitrogens with zero attached hydrogens (tertiary/aromatic N) is 2. The molecule has 1 unspecified atom stereocenters. The summed E-state index contributed by atoms with van der Waals surface area (Å²) in [6.45, 7) is 4.15. The first-order chi connectivity index (χ1) is 13.2. The zero-order chi connectivity index (χ0) is 18.7. The van der Waals surface area contributed by atoms with Crippen LogP contribution in [0.15, 0.2) is 30.3 Å². The Bertz CT molecular complexity index is 661. The minimum Gasteiger partial charge on any atom is -0.371 e. The molecule has 1 spiro atoms. The number of ether oxygens (including phenoxy) is 1. The van der Waals surface area contributed by atoms with Crippen molar-refractivity contribution in [1.29, 1.82) is 0 Å². The number of benzene rings is 1. The quantitative estimate of drug-likeness (QED) is 0.723. The minimum absolute atomic E-state index is 0.0842. The molecule has 2 saturated heterocycles. The van der Waals surface area contributed by atoms with Crippen LogP contribution in [0.1, 0.15) is 37.7 Å². The van der Waals surface area contributed by atoms with Gasteiger partial charge in [-0.15, -0.1) is 0 Å². The molecule has 3 aliphatic rings. The van der Waals surface area contributed by atoms with E-state index < -0.39 is 0 Å². The van der Waals surface area contributed by atoms with Gasteiger partial charge < -0.3 is 14.5 Å². The molecule has 0 N–H and O–H groups in total. The normalized spacial score (nSPS) is 23.6. The molecule has 1 aromatic carbocycles. The van der Waals surface area contributed by atoms with Crippen LogP contribution in [0.25, 0.3) is 0 Å². The third-order valence-corrected chi connectivity index (χ3v) is 6.62. The van der Waals surface area contributed by atoms with E-state index in [0.717, 1.165) is 64.7 Å². The number of rotatable bonds is 6. The van der Waals surface area contributed by atoms with Gasteiger partial charge in [-0.05, 0) is 49.5 Å². The van der Waals surface area contributed by atoms with Crippen molar-refractivity contribution in [3.63, 3.8) is 0 Å². The summed E-state index contributed by atoms with van der Waals surface area (Å²) in [5.41, 5.74) is 1.41. The van der Waals surface area contributed by atoms with Crippen molar-refractivity contribution in [2.24, 2.45) is 11.3 Å². The molecule has 4 rings (SSSR count). The molecule has 3 fully saturated rings. The number of amides is 2. The molecule has 2 aliphatic heterocycles. The molecule has 27 heavy (non-hydrogen) atoms. The number of hydrogen-bond donors (Lipinski definition) is 0. The lowest BCUT2D eigenvalue weighted by molar-refractivity contribution is -0.138. The Morgan fingerprint density at radius 3 is 2.41 bits per heavy atom. The molecule has 5 nitrogen and oxygen atoms in total. The molecule has 0 aromatic heterocycles. The van der Waals surface area contributed by atoms with Crippen LogP contribution in [-0.4, -0.2) is 61.0 Å². The first kappa shape index (κ1) is 18.5. The second kappa shape index (κ2) is 8.01. The Morgan fingerprint density at radius 1 is 1.00 bits per heavy atom. The highest BCUT2D eigenvalue weighted by Crippen LogP contribution is 2.60. The number of likely N-dealkylation sites (tertiary alicyclic amines) is 2. The van der Waals surface area contributed by atoms with Gasteiger partial charge in [-0.2, -0.15) is 0 Å². The molecular weight excluding hydrogens is 340 g/mol. The van der Waals surface area contributed by atoms with Gasteiger partial charge >= 0.3 is 0 Å². The van der Waals surface area contributed by atoms with Crippen LogP contribution < -0.4 is 0 Å². The van der Waals surface area contributed by atoms with E-state index >= 15 is 0 Å². The first-order valence-electron chi connectivity index (χ1n) is 10.4. The van der Waals surface area contributed by atoms with Gasteiger partial charge in [0.25, 0.3) is 0 Å². The smallest absolute Gasteiger partial charge is 0.248 e. The Hall–Kier alpha value is -1.88. The fraction of sp³-hybridized carbons (Fsp3) is 0.636. The number of piperidine rings is 1. The average Bonchev–Trinajstić information content (AvgIpc) is 3.13. The molecule has 0 bridgehead atoms. The van der Waals surface area contributed by atoms with E-state index in [0.29, 0.717) is 12.5 Å². The van der Waals surface area contributed by atoms with Crippen molar-refractivity contribution in [2.45, 2.75) is 38.5 Å². The van der Waals surface area contributed by atoms with Crippen LogP contribution in [0.2, 0.25) is 0 Å². The van der Waals surface area contributed by atoms with Crippen LogP contribution in [0, 0.1) is 11.3 Å². The van der Waals surface area contributed by atoms with Crippen molar-refractivity contribution in [3.8, 4) is 0 Å². The van der Waals surface area contributed by atoms with Gasteiger partial charge in [-0.3, -0.25) is 9.59 Å². The van der Waals surface area contributed by atoms with Gasteiger partial charge in [0.05, 0.1) is 6.61 Å². The molecule has 1 aliphatic carbocycles. The van der Waals surface area contributed by atoms with Crippen LogP contribution in [0.5, 0.6) is 0 Å². The summed E-state index contributed by atoms with van der Waals surface area (Å²) in [6, 6.07) is 10.2. The lowest BCUT2D eigenvalue weighted by atomic mass is 9.90. The summed E-state index contributed by atoms with van der Waals surface area (Å²) in [6.07, 6.45) is 6.09. The number of carbonyl (C=O) groups is 2. The van der Waals surface area contributed by atoms with E-state index in [4.69, 9.17) is 4.74 Å². The SMILES string of the molecule is O=C(COCCc1ccccc1)N1CCC2(CC1)CC2C(=O)N1CCCC1. The van der Waals surface area contributed by atoms with Gasteiger partial charge in [-0.1, -0.05) is 30.3 Å². The lowest BCUT2D eigenvalue weighted by Gasteiger charge is -2.33. The third kappa shape index (κ3) is 4.18. The van der Waals surface area contributed by atoms with Crippen molar-refractivity contribution in [2.75, 3.05) is 39.4 Å². The zero-order valence-electron chi connectivity index (χ0n) is 16.1. The summed E-state index contributed by atoms with van der Waals surface area (Å²) in [5.74, 6) is 0.674. The van der Waals surface area contributed by atoms with E-state index in [-0.39, 0.29) is 23.8 Å². The van der Waals surface area contributed by atoms with Crippen LogP contribution in [-0.2, 0) is 20.7 Å². The Morgan fingerprint density at radius 2 is 1.70 bits per heavy atom. The van der Waals surface area contributed by atoms with Crippen molar-refractivity contribution >= 4 is 11.8 Å². The van der Waals surface area contributed by atoms with Gasteiger partial charge in [0.2, 0.25) is 11.8 Å². The molecule has 146 valence electrons. The topological polar surface area (TPSA) is 49.9 Å². The second-order valence-electron chi connectivity index (χ2n) is 8.32.